The zero-order valence-electron chi connectivity index (χ0n) is 11.7. The smallest absolute Gasteiger partial charge is 0.252 e. The molecule has 0 fully saturated rings. The summed E-state index contributed by atoms with van der Waals surface area (Å²) in [6.45, 7) is 0.0751. The molecule has 0 aliphatic heterocycles. The molecular weight excluding hydrogens is 282 g/mol. The highest BCUT2D eigenvalue weighted by Gasteiger charge is 2.13. The quantitative estimate of drug-likeness (QED) is 0.754. The summed E-state index contributed by atoms with van der Waals surface area (Å²) in [6.07, 6.45) is 5.86. The largest absolute Gasteiger partial charge is 0.467 e. The van der Waals surface area contributed by atoms with Crippen molar-refractivity contribution in [1.82, 2.24) is 14.9 Å². The molecule has 3 aromatic rings. The summed E-state index contributed by atoms with van der Waals surface area (Å²) < 4.78 is 6.92. The fourth-order valence-electron chi connectivity index (χ4n) is 2.03. The fraction of sp³-hybridized carbons (Fsp3) is 0.125. The van der Waals surface area contributed by atoms with E-state index in [9.17, 15) is 9.90 Å². The van der Waals surface area contributed by atoms with Gasteiger partial charge in [0, 0.05) is 18.6 Å². The number of rotatable bonds is 5. The van der Waals surface area contributed by atoms with Crippen molar-refractivity contribution < 1.29 is 14.3 Å². The molecule has 3 rings (SSSR count). The van der Waals surface area contributed by atoms with E-state index in [4.69, 9.17) is 4.42 Å². The van der Waals surface area contributed by atoms with Crippen LogP contribution in [0.15, 0.2) is 65.7 Å². The Morgan fingerprint density at radius 1 is 1.27 bits per heavy atom. The Morgan fingerprint density at radius 3 is 2.73 bits per heavy atom. The Labute approximate surface area is 127 Å². The Bertz CT molecular complexity index is 719. The van der Waals surface area contributed by atoms with Crippen molar-refractivity contribution in [3.63, 3.8) is 0 Å². The normalized spacial score (nSPS) is 12.0. The third-order valence-corrected chi connectivity index (χ3v) is 3.21. The van der Waals surface area contributed by atoms with Gasteiger partial charge in [-0.05, 0) is 36.4 Å². The molecule has 0 aliphatic rings. The van der Waals surface area contributed by atoms with Gasteiger partial charge < -0.3 is 19.4 Å². The van der Waals surface area contributed by atoms with Crippen molar-refractivity contribution in [3.05, 3.63) is 72.6 Å². The average Bonchev–Trinajstić information content (AvgIpc) is 3.25. The number of carbonyl (C=O) groups excluding carboxylic acids is 1. The molecular formula is C16H15N3O3. The summed E-state index contributed by atoms with van der Waals surface area (Å²) in [5.74, 6) is 0.857. The van der Waals surface area contributed by atoms with E-state index in [-0.39, 0.29) is 12.5 Å². The van der Waals surface area contributed by atoms with Crippen LogP contribution in [0.1, 0.15) is 22.2 Å². The number of furan rings is 1. The highest BCUT2D eigenvalue weighted by atomic mass is 16.4. The van der Waals surface area contributed by atoms with Crippen LogP contribution in [0, 0.1) is 0 Å². The second-order valence-electron chi connectivity index (χ2n) is 4.74. The Balaban J connectivity index is 1.60. The summed E-state index contributed by atoms with van der Waals surface area (Å²) in [5.41, 5.74) is 0.433. The van der Waals surface area contributed by atoms with Gasteiger partial charge in [-0.1, -0.05) is 0 Å². The zero-order valence-corrected chi connectivity index (χ0v) is 11.7. The van der Waals surface area contributed by atoms with Gasteiger partial charge in [-0.3, -0.25) is 4.79 Å². The minimum atomic E-state index is -0.869. The monoisotopic (exact) mass is 297 g/mol. The first kappa shape index (κ1) is 14.1. The van der Waals surface area contributed by atoms with Crippen LogP contribution in [0.3, 0.4) is 0 Å². The van der Waals surface area contributed by atoms with Crippen molar-refractivity contribution in [3.8, 4) is 5.82 Å². The lowest BCUT2D eigenvalue weighted by atomic mass is 10.2. The number of aliphatic hydroxyl groups is 1. The first-order chi connectivity index (χ1) is 10.7. The number of nitrogens with one attached hydrogen (secondary N) is 1. The molecule has 1 unspecified atom stereocenters. The molecule has 6 nitrogen and oxygen atoms in total. The minimum Gasteiger partial charge on any atom is -0.467 e. The molecule has 3 aromatic heterocycles. The third-order valence-electron chi connectivity index (χ3n) is 3.21. The number of pyridine rings is 1. The van der Waals surface area contributed by atoms with Gasteiger partial charge in [-0.2, -0.15) is 0 Å². The van der Waals surface area contributed by atoms with Gasteiger partial charge in [0.2, 0.25) is 0 Å². The molecule has 1 amide bonds. The van der Waals surface area contributed by atoms with Crippen LogP contribution in [0.2, 0.25) is 0 Å². The van der Waals surface area contributed by atoms with E-state index in [2.05, 4.69) is 10.3 Å². The van der Waals surface area contributed by atoms with Crippen molar-refractivity contribution in [2.45, 2.75) is 6.10 Å². The average molecular weight is 297 g/mol. The third kappa shape index (κ3) is 3.07. The first-order valence-corrected chi connectivity index (χ1v) is 6.83. The van der Waals surface area contributed by atoms with E-state index >= 15 is 0 Å². The Morgan fingerprint density at radius 2 is 2.09 bits per heavy atom. The summed E-state index contributed by atoms with van der Waals surface area (Å²) in [4.78, 5) is 16.3. The molecule has 112 valence electrons. The van der Waals surface area contributed by atoms with Crippen molar-refractivity contribution in [1.29, 1.82) is 0 Å². The Hall–Kier alpha value is -2.86. The van der Waals surface area contributed by atoms with Crippen LogP contribution >= 0.6 is 0 Å². The molecule has 6 heteroatoms. The van der Waals surface area contributed by atoms with Gasteiger partial charge in [0.15, 0.2) is 0 Å². The summed E-state index contributed by atoms with van der Waals surface area (Å²) in [5, 5.41) is 12.5. The lowest BCUT2D eigenvalue weighted by Gasteiger charge is -2.10. The summed E-state index contributed by atoms with van der Waals surface area (Å²) >= 11 is 0. The van der Waals surface area contributed by atoms with Crippen LogP contribution in [-0.4, -0.2) is 27.1 Å². The lowest BCUT2D eigenvalue weighted by Crippen LogP contribution is -2.28. The molecule has 0 saturated carbocycles. The second kappa shape index (κ2) is 6.28. The number of aromatic nitrogens is 2. The Kier molecular flexibility index (Phi) is 4.02. The van der Waals surface area contributed by atoms with Crippen LogP contribution in [0.4, 0.5) is 0 Å². The topological polar surface area (TPSA) is 80.3 Å². The van der Waals surface area contributed by atoms with E-state index in [0.717, 1.165) is 5.82 Å². The molecule has 0 aliphatic carbocycles. The SMILES string of the molecule is O=C(NCC(O)c1ccco1)c1ccc(-n2cccc2)nc1. The van der Waals surface area contributed by atoms with Crippen LogP contribution < -0.4 is 5.32 Å². The number of amides is 1. The molecule has 2 N–H and O–H groups in total. The maximum Gasteiger partial charge on any atom is 0.252 e. The number of carbonyl (C=O) groups is 1. The van der Waals surface area contributed by atoms with Gasteiger partial charge in [0.05, 0.1) is 18.4 Å². The summed E-state index contributed by atoms with van der Waals surface area (Å²) in [6, 6.07) is 10.6. The van der Waals surface area contributed by atoms with Crippen molar-refractivity contribution in [2.24, 2.45) is 0 Å². The molecule has 1 atom stereocenters. The number of hydrogen-bond acceptors (Lipinski definition) is 4. The molecule has 0 spiro atoms. The molecule has 0 saturated heterocycles. The zero-order chi connectivity index (χ0) is 15.4. The van der Waals surface area contributed by atoms with Gasteiger partial charge in [-0.15, -0.1) is 0 Å². The van der Waals surface area contributed by atoms with E-state index in [1.165, 1.54) is 12.5 Å². The maximum atomic E-state index is 12.0. The van der Waals surface area contributed by atoms with E-state index in [1.807, 2.05) is 29.1 Å². The first-order valence-electron chi connectivity index (χ1n) is 6.83. The number of aliphatic hydroxyl groups excluding tert-OH is 1. The molecule has 0 aromatic carbocycles. The molecule has 22 heavy (non-hydrogen) atoms. The van der Waals surface area contributed by atoms with E-state index < -0.39 is 6.10 Å². The fourth-order valence-corrected chi connectivity index (χ4v) is 2.03. The predicted molar refractivity (Wildman–Crippen MR) is 79.6 cm³/mol. The predicted octanol–water partition coefficient (Wildman–Crippen LogP) is 1.93. The van der Waals surface area contributed by atoms with Gasteiger partial charge >= 0.3 is 0 Å². The van der Waals surface area contributed by atoms with Gasteiger partial charge in [0.1, 0.15) is 17.7 Å². The molecule has 0 radical (unpaired) electrons. The van der Waals surface area contributed by atoms with Crippen LogP contribution in [0.5, 0.6) is 0 Å². The molecule has 0 bridgehead atoms. The molecule has 3 heterocycles. The van der Waals surface area contributed by atoms with Gasteiger partial charge in [-0.25, -0.2) is 4.98 Å². The van der Waals surface area contributed by atoms with Gasteiger partial charge in [0.25, 0.3) is 5.91 Å². The number of nitrogens with zero attached hydrogens (tertiary/aromatic N) is 2. The maximum absolute atomic E-state index is 12.0. The van der Waals surface area contributed by atoms with Crippen LogP contribution in [-0.2, 0) is 0 Å². The van der Waals surface area contributed by atoms with Crippen LogP contribution in [0.25, 0.3) is 5.82 Å². The van der Waals surface area contributed by atoms with Crippen molar-refractivity contribution in [2.75, 3.05) is 6.54 Å². The second-order valence-corrected chi connectivity index (χ2v) is 4.74. The highest BCUT2D eigenvalue weighted by molar-refractivity contribution is 5.93. The lowest BCUT2D eigenvalue weighted by molar-refractivity contribution is 0.0901. The summed E-state index contributed by atoms with van der Waals surface area (Å²) in [7, 11) is 0. The van der Waals surface area contributed by atoms with E-state index in [0.29, 0.717) is 11.3 Å². The minimum absolute atomic E-state index is 0.0751. The number of hydrogen-bond donors (Lipinski definition) is 2. The van der Waals surface area contributed by atoms with Crippen molar-refractivity contribution >= 4 is 5.91 Å². The highest BCUT2D eigenvalue weighted by Crippen LogP contribution is 2.12. The van der Waals surface area contributed by atoms with E-state index in [1.54, 1.807) is 24.3 Å². The standard InChI is InChI=1S/C16H15N3O3/c20-13(14-4-3-9-22-14)11-18-16(21)12-5-6-15(17-10-12)19-7-1-2-8-19/h1-10,13,20H,11H2,(H,18,21).